The second-order valence-electron chi connectivity index (χ2n) is 5.63. The first-order valence-corrected chi connectivity index (χ1v) is 6.74. The van der Waals surface area contributed by atoms with Gasteiger partial charge in [-0.15, -0.1) is 0 Å². The zero-order chi connectivity index (χ0) is 11.7. The minimum atomic E-state index is 0.566. The van der Waals surface area contributed by atoms with Gasteiger partial charge in [0.2, 0.25) is 0 Å². The molecule has 0 aromatic carbocycles. The van der Waals surface area contributed by atoms with Gasteiger partial charge in [0.1, 0.15) is 0 Å². The molecule has 1 aromatic rings. The van der Waals surface area contributed by atoms with Crippen molar-refractivity contribution in [2.24, 2.45) is 5.92 Å². The third-order valence-corrected chi connectivity index (χ3v) is 4.14. The molecule has 1 aliphatic heterocycles. The number of aromatic nitrogens is 2. The molecule has 4 nitrogen and oxygen atoms in total. The predicted molar refractivity (Wildman–Crippen MR) is 67.8 cm³/mol. The van der Waals surface area contributed by atoms with E-state index in [1.165, 1.54) is 37.2 Å². The van der Waals surface area contributed by atoms with Crippen molar-refractivity contribution in [3.05, 3.63) is 17.7 Å². The van der Waals surface area contributed by atoms with Crippen LogP contribution in [0, 0.1) is 5.92 Å². The molecule has 2 heterocycles. The highest BCUT2D eigenvalue weighted by Crippen LogP contribution is 2.26. The second kappa shape index (κ2) is 4.78. The average molecular weight is 234 g/mol. The predicted octanol–water partition coefficient (Wildman–Crippen LogP) is 1.16. The molecule has 0 bridgehead atoms. The number of nitrogens with zero attached hydrogens (tertiary/aromatic N) is 2. The van der Waals surface area contributed by atoms with Gasteiger partial charge < -0.3 is 15.2 Å². The number of nitrogens with one attached hydrogen (secondary N) is 2. The summed E-state index contributed by atoms with van der Waals surface area (Å²) < 4.78 is 0. The number of likely N-dealkylation sites (N-methyl/N-ethyl adjacent to an activating group) is 1. The maximum atomic E-state index is 4.39. The summed E-state index contributed by atoms with van der Waals surface area (Å²) >= 11 is 0. The van der Waals surface area contributed by atoms with E-state index in [4.69, 9.17) is 0 Å². The van der Waals surface area contributed by atoms with Crippen molar-refractivity contribution in [3.8, 4) is 0 Å². The van der Waals surface area contributed by atoms with Gasteiger partial charge in [0.05, 0.1) is 17.7 Å². The van der Waals surface area contributed by atoms with E-state index in [1.807, 2.05) is 6.33 Å². The minimum Gasteiger partial charge on any atom is -0.347 e. The zero-order valence-electron chi connectivity index (χ0n) is 10.6. The maximum Gasteiger partial charge on any atom is 0.0925 e. The van der Waals surface area contributed by atoms with Gasteiger partial charge in [0, 0.05) is 32.1 Å². The fourth-order valence-corrected chi connectivity index (χ4v) is 2.93. The summed E-state index contributed by atoms with van der Waals surface area (Å²) in [4.78, 5) is 10.1. The largest absolute Gasteiger partial charge is 0.347 e. The highest BCUT2D eigenvalue weighted by Gasteiger charge is 2.23. The lowest BCUT2D eigenvalue weighted by molar-refractivity contribution is 0.189. The third kappa shape index (κ3) is 2.53. The summed E-state index contributed by atoms with van der Waals surface area (Å²) in [5.41, 5.74) is 2.52. The summed E-state index contributed by atoms with van der Waals surface area (Å²) in [5.74, 6) is 0.963. The van der Waals surface area contributed by atoms with Crippen molar-refractivity contribution in [2.45, 2.75) is 38.3 Å². The molecule has 0 saturated heterocycles. The van der Waals surface area contributed by atoms with Crippen LogP contribution >= 0.6 is 0 Å². The molecule has 1 saturated carbocycles. The molecule has 1 aliphatic carbocycles. The van der Waals surface area contributed by atoms with E-state index >= 15 is 0 Å². The summed E-state index contributed by atoms with van der Waals surface area (Å²) in [6, 6.07) is 0.566. The number of aromatic amines is 1. The first kappa shape index (κ1) is 11.2. The number of rotatable bonds is 4. The van der Waals surface area contributed by atoms with Gasteiger partial charge in [-0.25, -0.2) is 4.98 Å². The van der Waals surface area contributed by atoms with Crippen LogP contribution in [0.15, 0.2) is 6.33 Å². The Hall–Kier alpha value is -0.870. The first-order chi connectivity index (χ1) is 8.31. The monoisotopic (exact) mass is 234 g/mol. The molecule has 1 fully saturated rings. The Labute approximate surface area is 103 Å². The molecular weight excluding hydrogens is 212 g/mol. The molecule has 1 atom stereocenters. The zero-order valence-corrected chi connectivity index (χ0v) is 10.6. The van der Waals surface area contributed by atoms with Crippen LogP contribution in [0.1, 0.15) is 30.7 Å². The number of fused-ring (bicyclic) bond motifs is 1. The highest BCUT2D eigenvalue weighted by molar-refractivity contribution is 5.15. The van der Waals surface area contributed by atoms with E-state index in [2.05, 4.69) is 27.2 Å². The Morgan fingerprint density at radius 3 is 3.06 bits per heavy atom. The molecule has 17 heavy (non-hydrogen) atoms. The number of imidazole rings is 1. The smallest absolute Gasteiger partial charge is 0.0925 e. The van der Waals surface area contributed by atoms with Gasteiger partial charge in [-0.1, -0.05) is 6.42 Å². The average Bonchev–Trinajstić information content (AvgIpc) is 2.71. The van der Waals surface area contributed by atoms with Crippen LogP contribution in [0.25, 0.3) is 0 Å². The van der Waals surface area contributed by atoms with E-state index in [-0.39, 0.29) is 0 Å². The Morgan fingerprint density at radius 2 is 2.29 bits per heavy atom. The third-order valence-electron chi connectivity index (χ3n) is 4.14. The standard InChI is InChI=1S/C13H22N4/c1-17(7-10-3-2-4-10)8-11-5-12-13(6-14-11)16-9-15-12/h9-11,14H,2-8H2,1H3,(H,15,16). The first-order valence-electron chi connectivity index (χ1n) is 6.74. The SMILES string of the molecule is CN(CC1CCC1)CC1Cc2nc[nH]c2CN1. The summed E-state index contributed by atoms with van der Waals surface area (Å²) in [5, 5.41) is 3.59. The van der Waals surface area contributed by atoms with Crippen LogP contribution in [0.2, 0.25) is 0 Å². The van der Waals surface area contributed by atoms with E-state index in [0.717, 1.165) is 25.4 Å². The summed E-state index contributed by atoms with van der Waals surface area (Å²) in [7, 11) is 2.25. The van der Waals surface area contributed by atoms with Crippen molar-refractivity contribution in [1.82, 2.24) is 20.2 Å². The number of H-pyrrole nitrogens is 1. The molecule has 3 rings (SSSR count). The Bertz CT molecular complexity index is 369. The summed E-state index contributed by atoms with van der Waals surface area (Å²) in [6.45, 7) is 3.35. The van der Waals surface area contributed by atoms with Crippen molar-refractivity contribution in [2.75, 3.05) is 20.1 Å². The van der Waals surface area contributed by atoms with Crippen molar-refractivity contribution in [1.29, 1.82) is 0 Å². The quantitative estimate of drug-likeness (QED) is 0.821. The molecule has 1 aromatic heterocycles. The van der Waals surface area contributed by atoms with Crippen LogP contribution in [-0.4, -0.2) is 41.0 Å². The highest BCUT2D eigenvalue weighted by atomic mass is 15.1. The van der Waals surface area contributed by atoms with E-state index < -0.39 is 0 Å². The Kier molecular flexibility index (Phi) is 3.16. The van der Waals surface area contributed by atoms with Crippen molar-refractivity contribution >= 4 is 0 Å². The lowest BCUT2D eigenvalue weighted by atomic mass is 9.85. The van der Waals surface area contributed by atoms with Gasteiger partial charge >= 0.3 is 0 Å². The topological polar surface area (TPSA) is 44.0 Å². The molecule has 2 N–H and O–H groups in total. The molecule has 0 radical (unpaired) electrons. The van der Waals surface area contributed by atoms with E-state index in [0.29, 0.717) is 6.04 Å². The molecular formula is C13H22N4. The van der Waals surface area contributed by atoms with Crippen LogP contribution in [0.3, 0.4) is 0 Å². The lowest BCUT2D eigenvalue weighted by Crippen LogP contribution is -2.45. The van der Waals surface area contributed by atoms with Crippen LogP contribution in [-0.2, 0) is 13.0 Å². The van der Waals surface area contributed by atoms with Crippen molar-refractivity contribution < 1.29 is 0 Å². The normalized spacial score (nSPS) is 24.7. The van der Waals surface area contributed by atoms with Crippen molar-refractivity contribution in [3.63, 3.8) is 0 Å². The van der Waals surface area contributed by atoms with Crippen LogP contribution < -0.4 is 5.32 Å². The molecule has 1 unspecified atom stereocenters. The van der Waals surface area contributed by atoms with E-state index in [1.54, 1.807) is 0 Å². The number of hydrogen-bond acceptors (Lipinski definition) is 3. The number of hydrogen-bond donors (Lipinski definition) is 2. The lowest BCUT2D eigenvalue weighted by Gasteiger charge is -2.33. The molecule has 0 amide bonds. The molecule has 2 aliphatic rings. The molecule has 94 valence electrons. The van der Waals surface area contributed by atoms with Gasteiger partial charge in [0.25, 0.3) is 0 Å². The summed E-state index contributed by atoms with van der Waals surface area (Å²) in [6.07, 6.45) is 7.19. The van der Waals surface area contributed by atoms with Gasteiger partial charge in [0.15, 0.2) is 0 Å². The molecule has 0 spiro atoms. The van der Waals surface area contributed by atoms with Gasteiger partial charge in [-0.2, -0.15) is 0 Å². The minimum absolute atomic E-state index is 0.566. The maximum absolute atomic E-state index is 4.39. The van der Waals surface area contributed by atoms with Gasteiger partial charge in [-0.3, -0.25) is 0 Å². The second-order valence-corrected chi connectivity index (χ2v) is 5.63. The Morgan fingerprint density at radius 1 is 1.41 bits per heavy atom. The van der Waals surface area contributed by atoms with Crippen LogP contribution in [0.5, 0.6) is 0 Å². The molecule has 4 heteroatoms. The fraction of sp³-hybridized carbons (Fsp3) is 0.769. The van der Waals surface area contributed by atoms with Crippen LogP contribution in [0.4, 0.5) is 0 Å². The van der Waals surface area contributed by atoms with E-state index in [9.17, 15) is 0 Å². The van der Waals surface area contributed by atoms with Gasteiger partial charge in [-0.05, 0) is 25.8 Å². The Balaban J connectivity index is 1.49. The fourth-order valence-electron chi connectivity index (χ4n) is 2.93.